The number of carbonyl (C=O) groups is 1. The summed E-state index contributed by atoms with van der Waals surface area (Å²) in [6, 6.07) is 9.82. The molecule has 0 aliphatic carbocycles. The molecule has 0 saturated heterocycles. The minimum absolute atomic E-state index is 0.0523. The van der Waals surface area contributed by atoms with Gasteiger partial charge in [-0.3, -0.25) is 4.79 Å². The van der Waals surface area contributed by atoms with Crippen LogP contribution in [0.1, 0.15) is 36.1 Å². The van der Waals surface area contributed by atoms with Crippen molar-refractivity contribution in [2.75, 3.05) is 7.11 Å². The van der Waals surface area contributed by atoms with Crippen molar-refractivity contribution in [3.63, 3.8) is 0 Å². The van der Waals surface area contributed by atoms with E-state index >= 15 is 0 Å². The van der Waals surface area contributed by atoms with Gasteiger partial charge in [-0.1, -0.05) is 23.8 Å². The van der Waals surface area contributed by atoms with Gasteiger partial charge in [-0.2, -0.15) is 5.10 Å². The van der Waals surface area contributed by atoms with E-state index in [1.165, 1.54) is 5.56 Å². The molecule has 0 saturated carbocycles. The fourth-order valence-corrected chi connectivity index (χ4v) is 3.35. The average Bonchev–Trinajstić information content (AvgIpc) is 2.59. The summed E-state index contributed by atoms with van der Waals surface area (Å²) in [5.74, 6) is 1.20. The lowest BCUT2D eigenvalue weighted by Crippen LogP contribution is -2.20. The van der Waals surface area contributed by atoms with Crippen LogP contribution in [0.5, 0.6) is 11.5 Å². The number of methoxy groups -OCH3 is 1. The molecule has 0 heterocycles. The number of aryl methyl sites for hydroxylation is 2. The molecule has 0 radical (unpaired) electrons. The van der Waals surface area contributed by atoms with Gasteiger partial charge in [0.2, 0.25) is 5.91 Å². The number of nitrogens with zero attached hydrogens (tertiary/aromatic N) is 1. The van der Waals surface area contributed by atoms with Crippen molar-refractivity contribution in [2.45, 2.75) is 40.2 Å². The topological polar surface area (TPSA) is 59.9 Å². The van der Waals surface area contributed by atoms with E-state index in [1.807, 2.05) is 52.0 Å². The van der Waals surface area contributed by atoms with Gasteiger partial charge in [-0.05, 0) is 79.1 Å². The second-order valence-corrected chi connectivity index (χ2v) is 7.76. The summed E-state index contributed by atoms with van der Waals surface area (Å²) in [4.78, 5) is 12.1. The van der Waals surface area contributed by atoms with Gasteiger partial charge in [-0.15, -0.1) is 0 Å². The van der Waals surface area contributed by atoms with Crippen LogP contribution in [-0.4, -0.2) is 25.3 Å². The summed E-state index contributed by atoms with van der Waals surface area (Å²) in [5.41, 5.74) is 6.69. The third kappa shape index (κ3) is 6.23. The Labute approximate surface area is 174 Å². The fourth-order valence-electron chi connectivity index (χ4n) is 2.60. The molecule has 5 nitrogen and oxygen atoms in total. The molecule has 27 heavy (non-hydrogen) atoms. The zero-order valence-corrected chi connectivity index (χ0v) is 18.5. The van der Waals surface area contributed by atoms with E-state index in [4.69, 9.17) is 9.47 Å². The zero-order chi connectivity index (χ0) is 20.0. The summed E-state index contributed by atoms with van der Waals surface area (Å²) in [6.45, 7) is 7.98. The lowest BCUT2D eigenvalue weighted by atomic mass is 10.0. The molecule has 0 aliphatic rings. The van der Waals surface area contributed by atoms with Gasteiger partial charge in [0.15, 0.2) is 11.5 Å². The van der Waals surface area contributed by atoms with E-state index in [0.29, 0.717) is 17.9 Å². The van der Waals surface area contributed by atoms with E-state index < -0.39 is 0 Å². The van der Waals surface area contributed by atoms with Crippen molar-refractivity contribution in [3.05, 3.63) is 56.2 Å². The Morgan fingerprint density at radius 1 is 1.26 bits per heavy atom. The monoisotopic (exact) mass is 480 g/mol. The van der Waals surface area contributed by atoms with E-state index in [1.54, 1.807) is 13.3 Å². The van der Waals surface area contributed by atoms with Crippen molar-refractivity contribution in [1.29, 1.82) is 0 Å². The van der Waals surface area contributed by atoms with Crippen molar-refractivity contribution in [2.24, 2.45) is 5.10 Å². The van der Waals surface area contributed by atoms with Gasteiger partial charge in [0.25, 0.3) is 0 Å². The summed E-state index contributed by atoms with van der Waals surface area (Å²) in [7, 11) is 1.60. The highest BCUT2D eigenvalue weighted by molar-refractivity contribution is 14.1. The number of hydrogen-bond acceptors (Lipinski definition) is 4. The van der Waals surface area contributed by atoms with Crippen LogP contribution in [0, 0.1) is 17.4 Å². The lowest BCUT2D eigenvalue weighted by Gasteiger charge is -2.15. The molecule has 0 unspecified atom stereocenters. The molecule has 1 amide bonds. The first-order chi connectivity index (χ1) is 12.8. The molecule has 0 atom stereocenters. The summed E-state index contributed by atoms with van der Waals surface area (Å²) < 4.78 is 12.1. The number of ether oxygens (including phenoxy) is 2. The summed E-state index contributed by atoms with van der Waals surface area (Å²) in [6.07, 6.45) is 1.95. The first kappa shape index (κ1) is 21.2. The van der Waals surface area contributed by atoms with Crippen LogP contribution in [0.15, 0.2) is 35.4 Å². The van der Waals surface area contributed by atoms with Gasteiger partial charge in [0, 0.05) is 0 Å². The van der Waals surface area contributed by atoms with Crippen LogP contribution in [-0.2, 0) is 11.2 Å². The van der Waals surface area contributed by atoms with Crippen LogP contribution in [0.4, 0.5) is 0 Å². The number of hydrazone groups is 1. The minimum Gasteiger partial charge on any atom is -0.493 e. The quantitative estimate of drug-likeness (QED) is 0.363. The highest BCUT2D eigenvalue weighted by Gasteiger charge is 2.12. The Bertz CT molecular complexity index is 848. The van der Waals surface area contributed by atoms with Crippen molar-refractivity contribution in [3.8, 4) is 11.5 Å². The van der Waals surface area contributed by atoms with E-state index in [2.05, 4.69) is 39.2 Å². The molecular weight excluding hydrogens is 455 g/mol. The highest BCUT2D eigenvalue weighted by atomic mass is 127. The molecule has 144 valence electrons. The first-order valence-corrected chi connectivity index (χ1v) is 9.80. The Kier molecular flexibility index (Phi) is 7.65. The third-order valence-corrected chi connectivity index (χ3v) is 4.66. The molecule has 0 aromatic heterocycles. The second-order valence-electron chi connectivity index (χ2n) is 6.60. The number of halogens is 1. The molecule has 2 aromatic carbocycles. The molecule has 6 heteroatoms. The lowest BCUT2D eigenvalue weighted by molar-refractivity contribution is -0.120. The predicted octanol–water partition coefficient (Wildman–Crippen LogP) is 4.40. The minimum atomic E-state index is -0.153. The first-order valence-electron chi connectivity index (χ1n) is 8.72. The van der Waals surface area contributed by atoms with Crippen LogP contribution in [0.3, 0.4) is 0 Å². The van der Waals surface area contributed by atoms with Crippen LogP contribution < -0.4 is 14.9 Å². The van der Waals surface area contributed by atoms with Crippen LogP contribution in [0.25, 0.3) is 0 Å². The van der Waals surface area contributed by atoms with Gasteiger partial charge < -0.3 is 9.47 Å². The number of benzene rings is 2. The zero-order valence-electron chi connectivity index (χ0n) is 16.3. The SMILES string of the molecule is COc1cc(/C=N/NC(=O)Cc2ccc(C)cc2C)cc(I)c1OC(C)C. The maximum absolute atomic E-state index is 12.1. The summed E-state index contributed by atoms with van der Waals surface area (Å²) >= 11 is 2.20. The van der Waals surface area contributed by atoms with Gasteiger partial charge in [0.05, 0.1) is 29.4 Å². The normalized spacial score (nSPS) is 11.1. The third-order valence-electron chi connectivity index (χ3n) is 3.86. The van der Waals surface area contributed by atoms with Gasteiger partial charge in [0.1, 0.15) is 0 Å². The molecule has 1 N–H and O–H groups in total. The molecule has 2 rings (SSSR count). The molecule has 2 aromatic rings. The number of rotatable bonds is 7. The van der Waals surface area contributed by atoms with Crippen LogP contribution in [0.2, 0.25) is 0 Å². The molecular formula is C21H25IN2O3. The Morgan fingerprint density at radius 3 is 2.63 bits per heavy atom. The summed E-state index contributed by atoms with van der Waals surface area (Å²) in [5, 5.41) is 4.07. The highest BCUT2D eigenvalue weighted by Crippen LogP contribution is 2.34. The van der Waals surface area contributed by atoms with Gasteiger partial charge >= 0.3 is 0 Å². The largest absolute Gasteiger partial charge is 0.493 e. The standard InChI is InChI=1S/C21H25IN2O3/c1-13(2)27-21-18(22)9-16(10-19(21)26-5)12-23-24-20(25)11-17-7-6-14(3)8-15(17)4/h6-10,12-13H,11H2,1-5H3,(H,24,25)/b23-12+. The number of nitrogens with one attached hydrogen (secondary N) is 1. The Hall–Kier alpha value is -2.09. The Morgan fingerprint density at radius 2 is 2.00 bits per heavy atom. The average molecular weight is 480 g/mol. The van der Waals surface area contributed by atoms with Crippen LogP contribution >= 0.6 is 22.6 Å². The maximum atomic E-state index is 12.1. The molecule has 0 bridgehead atoms. The van der Waals surface area contributed by atoms with E-state index in [0.717, 1.165) is 20.3 Å². The molecule has 0 spiro atoms. The van der Waals surface area contributed by atoms with Crippen molar-refractivity contribution >= 4 is 34.7 Å². The molecule has 0 aliphatic heterocycles. The Balaban J connectivity index is 2.05. The number of amides is 1. The van der Waals surface area contributed by atoms with E-state index in [9.17, 15) is 4.79 Å². The van der Waals surface area contributed by atoms with Crippen molar-refractivity contribution in [1.82, 2.24) is 5.43 Å². The van der Waals surface area contributed by atoms with E-state index in [-0.39, 0.29) is 12.0 Å². The van der Waals surface area contributed by atoms with Gasteiger partial charge in [-0.25, -0.2) is 5.43 Å². The predicted molar refractivity (Wildman–Crippen MR) is 117 cm³/mol. The smallest absolute Gasteiger partial charge is 0.244 e. The van der Waals surface area contributed by atoms with Crippen molar-refractivity contribution < 1.29 is 14.3 Å². The fraction of sp³-hybridized carbons (Fsp3) is 0.333. The maximum Gasteiger partial charge on any atom is 0.244 e. The number of carbonyl (C=O) groups excluding carboxylic acids is 1. The number of hydrogen-bond donors (Lipinski definition) is 1. The molecule has 0 fully saturated rings. The second kappa shape index (κ2) is 9.73.